The highest BCUT2D eigenvalue weighted by atomic mass is 16.3. The molecule has 8 nitrogen and oxygen atoms in total. The van der Waals surface area contributed by atoms with Crippen LogP contribution in [0.1, 0.15) is 20.8 Å². The van der Waals surface area contributed by atoms with Crippen molar-refractivity contribution in [3.05, 3.63) is 47.8 Å². The molecule has 3 N–H and O–H groups in total. The number of amides is 2. The molecule has 0 saturated carbocycles. The maximum atomic E-state index is 12.5. The first-order chi connectivity index (χ1) is 12.0. The molecule has 1 saturated heterocycles. The SMILES string of the molecule is O=C(c1cc(O)c(O)c(O)c1)N1CCN(C(=O)c2ccccn2)CC1. The Labute approximate surface area is 143 Å². The summed E-state index contributed by atoms with van der Waals surface area (Å²) >= 11 is 0. The number of rotatable bonds is 2. The van der Waals surface area contributed by atoms with Crippen LogP contribution in [0.2, 0.25) is 0 Å². The number of nitrogens with zero attached hydrogens (tertiary/aromatic N) is 3. The Kier molecular flexibility index (Phi) is 4.42. The molecule has 0 radical (unpaired) electrons. The van der Waals surface area contributed by atoms with Gasteiger partial charge in [-0.15, -0.1) is 0 Å². The van der Waals surface area contributed by atoms with E-state index in [0.29, 0.717) is 31.9 Å². The van der Waals surface area contributed by atoms with Gasteiger partial charge in [0, 0.05) is 37.9 Å². The minimum absolute atomic E-state index is 0.0669. The van der Waals surface area contributed by atoms with E-state index >= 15 is 0 Å². The first-order valence-corrected chi connectivity index (χ1v) is 7.72. The summed E-state index contributed by atoms with van der Waals surface area (Å²) in [6.07, 6.45) is 1.55. The van der Waals surface area contributed by atoms with Crippen molar-refractivity contribution >= 4 is 11.8 Å². The molecule has 0 bridgehead atoms. The number of pyridine rings is 1. The molecule has 0 unspecified atom stereocenters. The molecular formula is C17H17N3O5. The summed E-state index contributed by atoms with van der Waals surface area (Å²) in [4.78, 5) is 32.0. The molecule has 25 heavy (non-hydrogen) atoms. The predicted molar refractivity (Wildman–Crippen MR) is 87.5 cm³/mol. The quantitative estimate of drug-likeness (QED) is 0.695. The van der Waals surface area contributed by atoms with E-state index in [0.717, 1.165) is 12.1 Å². The molecule has 1 fully saturated rings. The summed E-state index contributed by atoms with van der Waals surface area (Å²) in [5.74, 6) is -2.37. The number of phenols is 3. The lowest BCUT2D eigenvalue weighted by Crippen LogP contribution is -2.50. The molecule has 2 heterocycles. The lowest BCUT2D eigenvalue weighted by Gasteiger charge is -2.34. The molecule has 0 atom stereocenters. The number of aromatic hydroxyl groups is 3. The predicted octanol–water partition coefficient (Wildman–Crippen LogP) is 0.797. The van der Waals surface area contributed by atoms with Gasteiger partial charge in [-0.25, -0.2) is 0 Å². The second kappa shape index (κ2) is 6.68. The zero-order valence-electron chi connectivity index (χ0n) is 13.3. The molecule has 2 amide bonds. The van der Waals surface area contributed by atoms with E-state index in [1.165, 1.54) is 4.90 Å². The van der Waals surface area contributed by atoms with E-state index < -0.39 is 23.2 Å². The highest BCUT2D eigenvalue weighted by Crippen LogP contribution is 2.35. The number of phenolic OH excluding ortho intramolecular Hbond substituents is 3. The summed E-state index contributed by atoms with van der Waals surface area (Å²) in [6, 6.07) is 7.31. The second-order valence-electron chi connectivity index (χ2n) is 5.66. The Bertz CT molecular complexity index is 778. The number of piperazine rings is 1. The number of carbonyl (C=O) groups is 2. The number of benzene rings is 1. The van der Waals surface area contributed by atoms with Gasteiger partial charge in [-0.1, -0.05) is 6.07 Å². The van der Waals surface area contributed by atoms with Gasteiger partial charge in [-0.05, 0) is 24.3 Å². The summed E-state index contributed by atoms with van der Waals surface area (Å²) in [5, 5.41) is 28.4. The maximum Gasteiger partial charge on any atom is 0.272 e. The highest BCUT2D eigenvalue weighted by molar-refractivity contribution is 5.96. The van der Waals surface area contributed by atoms with Gasteiger partial charge in [0.15, 0.2) is 17.2 Å². The van der Waals surface area contributed by atoms with Crippen molar-refractivity contribution in [2.24, 2.45) is 0 Å². The van der Waals surface area contributed by atoms with E-state index in [2.05, 4.69) is 4.98 Å². The molecule has 1 aromatic carbocycles. The fourth-order valence-corrected chi connectivity index (χ4v) is 2.67. The number of carbonyl (C=O) groups excluding carboxylic acids is 2. The van der Waals surface area contributed by atoms with E-state index in [1.54, 1.807) is 29.3 Å². The number of hydrogen-bond acceptors (Lipinski definition) is 6. The van der Waals surface area contributed by atoms with Gasteiger partial charge in [0.2, 0.25) is 0 Å². The van der Waals surface area contributed by atoms with Gasteiger partial charge in [-0.2, -0.15) is 0 Å². The Morgan fingerprint density at radius 1 is 0.880 bits per heavy atom. The van der Waals surface area contributed by atoms with Crippen LogP contribution in [0.3, 0.4) is 0 Å². The minimum Gasteiger partial charge on any atom is -0.504 e. The van der Waals surface area contributed by atoms with Crippen LogP contribution in [0.25, 0.3) is 0 Å². The first kappa shape index (κ1) is 16.6. The Balaban J connectivity index is 1.66. The minimum atomic E-state index is -0.665. The van der Waals surface area contributed by atoms with Crippen LogP contribution in [0.15, 0.2) is 36.5 Å². The largest absolute Gasteiger partial charge is 0.504 e. The van der Waals surface area contributed by atoms with Crippen LogP contribution in [-0.2, 0) is 0 Å². The fourth-order valence-electron chi connectivity index (χ4n) is 2.67. The summed E-state index contributed by atoms with van der Waals surface area (Å²) in [7, 11) is 0. The molecule has 0 aliphatic carbocycles. The average molecular weight is 343 g/mol. The van der Waals surface area contributed by atoms with E-state index in [1.807, 2.05) is 0 Å². The van der Waals surface area contributed by atoms with Gasteiger partial charge in [0.05, 0.1) is 0 Å². The number of hydrogen-bond donors (Lipinski definition) is 3. The number of aromatic nitrogens is 1. The van der Waals surface area contributed by atoms with Crippen molar-refractivity contribution < 1.29 is 24.9 Å². The van der Waals surface area contributed by atoms with Crippen LogP contribution in [0.4, 0.5) is 0 Å². The third-order valence-corrected chi connectivity index (χ3v) is 4.05. The smallest absolute Gasteiger partial charge is 0.272 e. The molecule has 2 aromatic rings. The Hall–Kier alpha value is -3.29. The van der Waals surface area contributed by atoms with Crippen molar-refractivity contribution in [3.8, 4) is 17.2 Å². The third kappa shape index (κ3) is 3.32. The first-order valence-electron chi connectivity index (χ1n) is 7.72. The summed E-state index contributed by atoms with van der Waals surface area (Å²) < 4.78 is 0. The van der Waals surface area contributed by atoms with Gasteiger partial charge < -0.3 is 25.1 Å². The molecule has 8 heteroatoms. The molecule has 1 aromatic heterocycles. The van der Waals surface area contributed by atoms with E-state index in [4.69, 9.17) is 0 Å². The van der Waals surface area contributed by atoms with Gasteiger partial charge >= 0.3 is 0 Å². The monoisotopic (exact) mass is 343 g/mol. The van der Waals surface area contributed by atoms with E-state index in [9.17, 15) is 24.9 Å². The topological polar surface area (TPSA) is 114 Å². The van der Waals surface area contributed by atoms with Crippen LogP contribution in [-0.4, -0.2) is 68.1 Å². The Morgan fingerprint density at radius 3 is 1.96 bits per heavy atom. The van der Waals surface area contributed by atoms with Crippen molar-refractivity contribution in [2.45, 2.75) is 0 Å². The molecule has 1 aliphatic rings. The van der Waals surface area contributed by atoms with Gasteiger partial charge in [-0.3, -0.25) is 14.6 Å². The zero-order valence-corrected chi connectivity index (χ0v) is 13.3. The van der Waals surface area contributed by atoms with Crippen molar-refractivity contribution in [3.63, 3.8) is 0 Å². The average Bonchev–Trinajstić information content (AvgIpc) is 2.65. The second-order valence-corrected chi connectivity index (χ2v) is 5.66. The lowest BCUT2D eigenvalue weighted by atomic mass is 10.1. The lowest BCUT2D eigenvalue weighted by molar-refractivity contribution is 0.0532. The van der Waals surface area contributed by atoms with E-state index in [-0.39, 0.29) is 11.5 Å². The maximum absolute atomic E-state index is 12.5. The third-order valence-electron chi connectivity index (χ3n) is 4.05. The molecule has 130 valence electrons. The molecular weight excluding hydrogens is 326 g/mol. The molecule has 0 spiro atoms. The van der Waals surface area contributed by atoms with Crippen LogP contribution in [0.5, 0.6) is 17.2 Å². The van der Waals surface area contributed by atoms with Crippen LogP contribution in [0, 0.1) is 0 Å². The van der Waals surface area contributed by atoms with Crippen molar-refractivity contribution in [2.75, 3.05) is 26.2 Å². The highest BCUT2D eigenvalue weighted by Gasteiger charge is 2.26. The van der Waals surface area contributed by atoms with Crippen LogP contribution < -0.4 is 0 Å². The van der Waals surface area contributed by atoms with Gasteiger partial charge in [0.25, 0.3) is 11.8 Å². The standard InChI is InChI=1S/C17H17N3O5/c21-13-9-11(10-14(22)15(13)23)16(24)19-5-7-20(8-6-19)17(25)12-3-1-2-4-18-12/h1-4,9-10,21-23H,5-8H2. The fraction of sp³-hybridized carbons (Fsp3) is 0.235. The summed E-state index contributed by atoms with van der Waals surface area (Å²) in [5.41, 5.74) is 0.424. The normalized spacial score (nSPS) is 14.4. The van der Waals surface area contributed by atoms with Crippen molar-refractivity contribution in [1.82, 2.24) is 14.8 Å². The molecule has 3 rings (SSSR count). The zero-order chi connectivity index (χ0) is 18.0. The van der Waals surface area contributed by atoms with Gasteiger partial charge in [0.1, 0.15) is 5.69 Å². The molecule has 1 aliphatic heterocycles. The van der Waals surface area contributed by atoms with Crippen molar-refractivity contribution in [1.29, 1.82) is 0 Å². The Morgan fingerprint density at radius 2 is 1.44 bits per heavy atom. The van der Waals surface area contributed by atoms with Crippen LogP contribution >= 0.6 is 0 Å². The summed E-state index contributed by atoms with van der Waals surface area (Å²) in [6.45, 7) is 1.36.